The largest absolute Gasteiger partial charge is 0.364 e. The molecule has 1 rings (SSSR count). The summed E-state index contributed by atoms with van der Waals surface area (Å²) in [4.78, 5) is 13.9. The third-order valence-electron chi connectivity index (χ3n) is 1.72. The molecule has 1 atom stereocenters. The maximum absolute atomic E-state index is 10.5. The van der Waals surface area contributed by atoms with E-state index in [1.807, 2.05) is 6.92 Å². The molecule has 80 valence electrons. The third-order valence-corrected chi connectivity index (χ3v) is 1.91. The summed E-state index contributed by atoms with van der Waals surface area (Å²) in [6.45, 7) is 5.43. The number of hydrogen-bond donors (Lipinski definition) is 1. The van der Waals surface area contributed by atoms with Crippen molar-refractivity contribution < 1.29 is 4.92 Å². The Balaban J connectivity index is 2.98. The van der Waals surface area contributed by atoms with Gasteiger partial charge in [0.05, 0.1) is 17.1 Å². The molecule has 1 aromatic rings. The number of pyridine rings is 1. The van der Waals surface area contributed by atoms with Crippen LogP contribution in [-0.2, 0) is 0 Å². The van der Waals surface area contributed by atoms with Gasteiger partial charge in [0.1, 0.15) is 11.0 Å². The van der Waals surface area contributed by atoms with Gasteiger partial charge in [0.2, 0.25) is 0 Å². The standard InChI is InChI=1S/C9H10ClN3O2/c1-3-6(2)11-9-5-7(13(14)15)4-8(10)12-9/h3-6H,1H2,2H3,(H,11,12). The van der Waals surface area contributed by atoms with Crippen molar-refractivity contribution in [2.45, 2.75) is 13.0 Å². The molecular formula is C9H10ClN3O2. The number of nitrogens with one attached hydrogen (secondary N) is 1. The maximum Gasteiger partial charge on any atom is 0.276 e. The minimum absolute atomic E-state index is 0.0319. The third kappa shape index (κ3) is 3.21. The monoisotopic (exact) mass is 227 g/mol. The van der Waals surface area contributed by atoms with Crippen molar-refractivity contribution in [1.29, 1.82) is 0 Å². The van der Waals surface area contributed by atoms with Crippen molar-refractivity contribution in [3.63, 3.8) is 0 Å². The highest BCUT2D eigenvalue weighted by molar-refractivity contribution is 6.29. The molecule has 1 aromatic heterocycles. The lowest BCUT2D eigenvalue weighted by Crippen LogP contribution is -2.12. The number of hydrogen-bond acceptors (Lipinski definition) is 4. The van der Waals surface area contributed by atoms with Crippen molar-refractivity contribution in [1.82, 2.24) is 4.98 Å². The minimum Gasteiger partial charge on any atom is -0.364 e. The van der Waals surface area contributed by atoms with Gasteiger partial charge in [0.25, 0.3) is 5.69 Å². The summed E-state index contributed by atoms with van der Waals surface area (Å²) in [6.07, 6.45) is 1.66. The molecule has 0 radical (unpaired) electrons. The van der Waals surface area contributed by atoms with Gasteiger partial charge < -0.3 is 5.32 Å². The fourth-order valence-corrected chi connectivity index (χ4v) is 1.16. The summed E-state index contributed by atoms with van der Waals surface area (Å²) < 4.78 is 0. The van der Waals surface area contributed by atoms with Crippen molar-refractivity contribution in [2.24, 2.45) is 0 Å². The molecule has 15 heavy (non-hydrogen) atoms. The van der Waals surface area contributed by atoms with Gasteiger partial charge >= 0.3 is 0 Å². The molecule has 1 N–H and O–H groups in total. The van der Waals surface area contributed by atoms with E-state index in [0.717, 1.165) is 0 Å². The van der Waals surface area contributed by atoms with Gasteiger partial charge in [-0.15, -0.1) is 6.58 Å². The molecule has 0 aliphatic heterocycles. The Morgan fingerprint density at radius 1 is 1.73 bits per heavy atom. The van der Waals surface area contributed by atoms with Gasteiger partial charge in [0, 0.05) is 6.04 Å². The van der Waals surface area contributed by atoms with Crippen LogP contribution >= 0.6 is 11.6 Å². The van der Waals surface area contributed by atoms with Crippen LogP contribution in [0.2, 0.25) is 5.15 Å². The van der Waals surface area contributed by atoms with Crippen LogP contribution in [0.3, 0.4) is 0 Å². The van der Waals surface area contributed by atoms with Crippen LogP contribution in [0.25, 0.3) is 0 Å². The number of aromatic nitrogens is 1. The second-order valence-electron chi connectivity index (χ2n) is 2.96. The van der Waals surface area contributed by atoms with E-state index < -0.39 is 4.92 Å². The predicted octanol–water partition coefficient (Wildman–Crippen LogP) is 2.63. The normalized spacial score (nSPS) is 11.9. The summed E-state index contributed by atoms with van der Waals surface area (Å²) >= 11 is 5.64. The number of nitro groups is 1. The summed E-state index contributed by atoms with van der Waals surface area (Å²) in [7, 11) is 0. The van der Waals surface area contributed by atoms with Crippen LogP contribution in [0, 0.1) is 10.1 Å². The topological polar surface area (TPSA) is 68.1 Å². The maximum atomic E-state index is 10.5. The van der Waals surface area contributed by atoms with Crippen molar-refractivity contribution >= 4 is 23.1 Å². The van der Waals surface area contributed by atoms with Gasteiger partial charge in [-0.25, -0.2) is 4.98 Å². The van der Waals surface area contributed by atoms with Gasteiger partial charge in [-0.3, -0.25) is 10.1 Å². The van der Waals surface area contributed by atoms with Crippen LogP contribution in [-0.4, -0.2) is 15.9 Å². The first-order chi connectivity index (χ1) is 7.02. The Labute approximate surface area is 91.9 Å². The molecule has 0 saturated heterocycles. The van der Waals surface area contributed by atoms with E-state index in [1.54, 1.807) is 6.08 Å². The fraction of sp³-hybridized carbons (Fsp3) is 0.222. The zero-order valence-electron chi connectivity index (χ0n) is 8.11. The zero-order chi connectivity index (χ0) is 11.4. The lowest BCUT2D eigenvalue weighted by molar-refractivity contribution is -0.384. The first-order valence-corrected chi connectivity index (χ1v) is 4.62. The van der Waals surface area contributed by atoms with Crippen LogP contribution in [0.4, 0.5) is 11.5 Å². The summed E-state index contributed by atoms with van der Waals surface area (Å²) in [5.74, 6) is 0.363. The second-order valence-corrected chi connectivity index (χ2v) is 3.35. The molecule has 0 amide bonds. The number of nitrogens with zero attached hydrogens (tertiary/aromatic N) is 2. The average molecular weight is 228 g/mol. The fourth-order valence-electron chi connectivity index (χ4n) is 0.955. The lowest BCUT2D eigenvalue weighted by atomic mass is 10.3. The Kier molecular flexibility index (Phi) is 3.62. The highest BCUT2D eigenvalue weighted by atomic mass is 35.5. The Morgan fingerprint density at radius 3 is 2.93 bits per heavy atom. The van der Waals surface area contributed by atoms with Gasteiger partial charge in [-0.1, -0.05) is 17.7 Å². The molecule has 6 heteroatoms. The van der Waals surface area contributed by atoms with E-state index >= 15 is 0 Å². The molecule has 0 aromatic carbocycles. The van der Waals surface area contributed by atoms with E-state index in [1.165, 1.54) is 12.1 Å². The molecule has 1 unspecified atom stereocenters. The first kappa shape index (κ1) is 11.5. The Hall–Kier alpha value is -1.62. The van der Waals surface area contributed by atoms with Gasteiger partial charge in [-0.05, 0) is 6.92 Å². The Morgan fingerprint density at radius 2 is 2.40 bits per heavy atom. The molecular weight excluding hydrogens is 218 g/mol. The van der Waals surface area contributed by atoms with Crippen molar-refractivity contribution in [2.75, 3.05) is 5.32 Å². The summed E-state index contributed by atoms with van der Waals surface area (Å²) in [5.41, 5.74) is -0.0891. The van der Waals surface area contributed by atoms with Crippen LogP contribution in [0.15, 0.2) is 24.8 Å². The zero-order valence-corrected chi connectivity index (χ0v) is 8.86. The quantitative estimate of drug-likeness (QED) is 0.372. The lowest BCUT2D eigenvalue weighted by Gasteiger charge is -2.09. The van der Waals surface area contributed by atoms with E-state index in [-0.39, 0.29) is 16.9 Å². The van der Waals surface area contributed by atoms with Crippen LogP contribution in [0.1, 0.15) is 6.92 Å². The van der Waals surface area contributed by atoms with Crippen molar-refractivity contribution in [3.05, 3.63) is 40.1 Å². The second kappa shape index (κ2) is 4.75. The molecule has 0 spiro atoms. The molecule has 0 aliphatic carbocycles. The van der Waals surface area contributed by atoms with E-state index in [9.17, 15) is 10.1 Å². The van der Waals surface area contributed by atoms with Gasteiger partial charge in [-0.2, -0.15) is 0 Å². The van der Waals surface area contributed by atoms with E-state index in [2.05, 4.69) is 16.9 Å². The first-order valence-electron chi connectivity index (χ1n) is 4.24. The van der Waals surface area contributed by atoms with Crippen molar-refractivity contribution in [3.8, 4) is 0 Å². The molecule has 0 fully saturated rings. The SMILES string of the molecule is C=CC(C)Nc1cc([N+](=O)[O-])cc(Cl)n1. The summed E-state index contributed by atoms with van der Waals surface area (Å²) in [5, 5.41) is 13.5. The average Bonchev–Trinajstić information content (AvgIpc) is 2.16. The van der Waals surface area contributed by atoms with E-state index in [0.29, 0.717) is 5.82 Å². The Bertz CT molecular complexity index is 395. The van der Waals surface area contributed by atoms with Gasteiger partial charge in [0.15, 0.2) is 0 Å². The minimum atomic E-state index is -0.517. The highest BCUT2D eigenvalue weighted by Crippen LogP contribution is 2.20. The number of anilines is 1. The smallest absolute Gasteiger partial charge is 0.276 e. The highest BCUT2D eigenvalue weighted by Gasteiger charge is 2.10. The van der Waals surface area contributed by atoms with Crippen LogP contribution < -0.4 is 5.32 Å². The molecule has 1 heterocycles. The molecule has 0 bridgehead atoms. The summed E-state index contributed by atoms with van der Waals surface area (Å²) in [6, 6.07) is 2.49. The molecule has 5 nitrogen and oxygen atoms in total. The molecule has 0 saturated carbocycles. The van der Waals surface area contributed by atoms with Crippen LogP contribution in [0.5, 0.6) is 0 Å². The van der Waals surface area contributed by atoms with E-state index in [4.69, 9.17) is 11.6 Å². The molecule has 0 aliphatic rings. The predicted molar refractivity (Wildman–Crippen MR) is 59.2 cm³/mol. The number of rotatable bonds is 4. The number of halogens is 1.